The Balaban J connectivity index is 1.93. The molecule has 0 aliphatic heterocycles. The summed E-state index contributed by atoms with van der Waals surface area (Å²) in [5, 5.41) is 2.61. The quantitative estimate of drug-likeness (QED) is 0.727. The molecule has 2 rings (SSSR count). The number of benzene rings is 1. The molecule has 26 heavy (non-hydrogen) atoms. The van der Waals surface area contributed by atoms with Gasteiger partial charge < -0.3 is 15.0 Å². The molecule has 1 aromatic heterocycles. The van der Waals surface area contributed by atoms with Gasteiger partial charge in [0.1, 0.15) is 4.88 Å². The fourth-order valence-electron chi connectivity index (χ4n) is 2.25. The predicted molar refractivity (Wildman–Crippen MR) is 102 cm³/mol. The lowest BCUT2D eigenvalue weighted by molar-refractivity contribution is -0.119. The molecule has 8 heteroatoms. The summed E-state index contributed by atoms with van der Waals surface area (Å²) in [6.45, 7) is 4.59. The summed E-state index contributed by atoms with van der Waals surface area (Å²) in [4.78, 5) is 38.1. The van der Waals surface area contributed by atoms with Crippen LogP contribution in [0.5, 0.6) is 0 Å². The number of hydrogen-bond acceptors (Lipinski definition) is 5. The molecular formula is C18H19ClN2O4S. The summed E-state index contributed by atoms with van der Waals surface area (Å²) in [5.74, 6) is -1.21. The number of halogens is 1. The predicted octanol–water partition coefficient (Wildman–Crippen LogP) is 3.68. The van der Waals surface area contributed by atoms with E-state index in [1.807, 2.05) is 13.8 Å². The molecule has 138 valence electrons. The number of thiophene rings is 1. The Morgan fingerprint density at radius 1 is 1.15 bits per heavy atom. The van der Waals surface area contributed by atoms with Gasteiger partial charge in [-0.25, -0.2) is 4.79 Å². The van der Waals surface area contributed by atoms with Crippen LogP contribution in [0.1, 0.15) is 33.9 Å². The van der Waals surface area contributed by atoms with Gasteiger partial charge in [-0.1, -0.05) is 17.7 Å². The van der Waals surface area contributed by atoms with Crippen molar-refractivity contribution in [3.8, 4) is 0 Å². The van der Waals surface area contributed by atoms with Gasteiger partial charge in [-0.3, -0.25) is 9.59 Å². The van der Waals surface area contributed by atoms with Crippen molar-refractivity contribution in [2.45, 2.75) is 13.8 Å². The molecule has 1 aromatic carbocycles. The lowest BCUT2D eigenvalue weighted by Gasteiger charge is -2.19. The van der Waals surface area contributed by atoms with Crippen LogP contribution in [0.2, 0.25) is 4.34 Å². The standard InChI is InChI=1S/C18H19ClN2O4S/c1-3-21(4-2)17(23)12-6-5-7-13(10-12)20-16(22)11-25-18(24)14-8-9-15(19)26-14/h5-10H,3-4,11H2,1-2H3,(H,20,22). The minimum Gasteiger partial charge on any atom is -0.451 e. The number of carbonyl (C=O) groups is 3. The van der Waals surface area contributed by atoms with Crippen LogP contribution in [0.25, 0.3) is 0 Å². The number of nitrogens with one attached hydrogen (secondary N) is 1. The molecule has 0 saturated heterocycles. The summed E-state index contributed by atoms with van der Waals surface area (Å²) in [6.07, 6.45) is 0. The third kappa shape index (κ3) is 5.31. The first-order valence-electron chi connectivity index (χ1n) is 8.06. The maximum Gasteiger partial charge on any atom is 0.348 e. The molecule has 0 aliphatic carbocycles. The highest BCUT2D eigenvalue weighted by Gasteiger charge is 2.15. The fraction of sp³-hybridized carbons (Fsp3) is 0.278. The van der Waals surface area contributed by atoms with E-state index in [1.165, 1.54) is 6.07 Å². The number of nitrogens with zero attached hydrogens (tertiary/aromatic N) is 1. The van der Waals surface area contributed by atoms with E-state index in [0.29, 0.717) is 33.6 Å². The molecule has 0 radical (unpaired) electrons. The monoisotopic (exact) mass is 394 g/mol. The van der Waals surface area contributed by atoms with Crippen LogP contribution < -0.4 is 5.32 Å². The molecule has 0 spiro atoms. The number of esters is 1. The minimum absolute atomic E-state index is 0.105. The Hall–Kier alpha value is -2.38. The number of rotatable bonds is 7. The van der Waals surface area contributed by atoms with E-state index in [-0.39, 0.29) is 5.91 Å². The average Bonchev–Trinajstić information content (AvgIpc) is 3.07. The maximum absolute atomic E-state index is 12.4. The largest absolute Gasteiger partial charge is 0.451 e. The van der Waals surface area contributed by atoms with E-state index >= 15 is 0 Å². The van der Waals surface area contributed by atoms with Crippen molar-refractivity contribution in [2.75, 3.05) is 25.0 Å². The van der Waals surface area contributed by atoms with Gasteiger partial charge in [0.2, 0.25) is 0 Å². The zero-order valence-corrected chi connectivity index (χ0v) is 16.0. The second kappa shape index (κ2) is 9.35. The van der Waals surface area contributed by atoms with Gasteiger partial charge in [-0.05, 0) is 44.2 Å². The van der Waals surface area contributed by atoms with Crippen molar-refractivity contribution in [3.63, 3.8) is 0 Å². The maximum atomic E-state index is 12.4. The van der Waals surface area contributed by atoms with Crippen molar-refractivity contribution in [1.82, 2.24) is 4.90 Å². The molecule has 0 fully saturated rings. The van der Waals surface area contributed by atoms with Crippen molar-refractivity contribution in [3.05, 3.63) is 51.2 Å². The lowest BCUT2D eigenvalue weighted by Crippen LogP contribution is -2.30. The normalized spacial score (nSPS) is 10.3. The van der Waals surface area contributed by atoms with Crippen LogP contribution in [-0.2, 0) is 9.53 Å². The van der Waals surface area contributed by atoms with Crippen LogP contribution in [0.4, 0.5) is 5.69 Å². The molecular weight excluding hydrogens is 376 g/mol. The summed E-state index contributed by atoms with van der Waals surface area (Å²) in [7, 11) is 0. The molecule has 2 amide bonds. The number of anilines is 1. The van der Waals surface area contributed by atoms with Crippen molar-refractivity contribution >= 4 is 46.4 Å². The SMILES string of the molecule is CCN(CC)C(=O)c1cccc(NC(=O)COC(=O)c2ccc(Cl)s2)c1. The number of amides is 2. The second-order valence-corrected chi connectivity index (χ2v) is 7.00. The first-order valence-corrected chi connectivity index (χ1v) is 9.25. The highest BCUT2D eigenvalue weighted by molar-refractivity contribution is 7.17. The molecule has 0 saturated carbocycles. The number of carbonyl (C=O) groups excluding carboxylic acids is 3. The summed E-state index contributed by atoms with van der Waals surface area (Å²) in [5.41, 5.74) is 0.944. The van der Waals surface area contributed by atoms with E-state index in [0.717, 1.165) is 11.3 Å². The fourth-order valence-corrected chi connectivity index (χ4v) is 3.18. The lowest BCUT2D eigenvalue weighted by atomic mass is 10.1. The van der Waals surface area contributed by atoms with Crippen LogP contribution >= 0.6 is 22.9 Å². The van der Waals surface area contributed by atoms with Gasteiger partial charge in [0, 0.05) is 24.3 Å². The van der Waals surface area contributed by atoms with E-state index in [1.54, 1.807) is 35.2 Å². The van der Waals surface area contributed by atoms with Crippen molar-refractivity contribution in [1.29, 1.82) is 0 Å². The third-order valence-electron chi connectivity index (χ3n) is 3.55. The van der Waals surface area contributed by atoms with E-state index in [2.05, 4.69) is 5.32 Å². The number of hydrogen-bond donors (Lipinski definition) is 1. The molecule has 1 N–H and O–H groups in total. The Morgan fingerprint density at radius 2 is 1.88 bits per heavy atom. The van der Waals surface area contributed by atoms with Crippen LogP contribution in [0.15, 0.2) is 36.4 Å². The average molecular weight is 395 g/mol. The molecule has 0 atom stereocenters. The molecule has 2 aromatic rings. The smallest absolute Gasteiger partial charge is 0.348 e. The van der Waals surface area contributed by atoms with Gasteiger partial charge in [-0.15, -0.1) is 11.3 Å². The molecule has 6 nitrogen and oxygen atoms in total. The molecule has 1 heterocycles. The minimum atomic E-state index is -0.609. The van der Waals surface area contributed by atoms with Crippen molar-refractivity contribution in [2.24, 2.45) is 0 Å². The molecule has 0 unspecified atom stereocenters. The summed E-state index contributed by atoms with van der Waals surface area (Å²) in [6, 6.07) is 9.76. The van der Waals surface area contributed by atoms with Crippen LogP contribution in [-0.4, -0.2) is 42.4 Å². The highest BCUT2D eigenvalue weighted by atomic mass is 35.5. The Kier molecular flexibility index (Phi) is 7.17. The van der Waals surface area contributed by atoms with E-state index < -0.39 is 18.5 Å². The first kappa shape index (κ1) is 19.9. The van der Waals surface area contributed by atoms with Gasteiger partial charge in [-0.2, -0.15) is 0 Å². The highest BCUT2D eigenvalue weighted by Crippen LogP contribution is 2.22. The number of ether oxygens (including phenoxy) is 1. The summed E-state index contributed by atoms with van der Waals surface area (Å²) >= 11 is 6.84. The third-order valence-corrected chi connectivity index (χ3v) is 4.76. The molecule has 0 aliphatic rings. The van der Waals surface area contributed by atoms with Crippen LogP contribution in [0, 0.1) is 0 Å². The van der Waals surface area contributed by atoms with Gasteiger partial charge in [0.05, 0.1) is 4.34 Å². The van der Waals surface area contributed by atoms with Crippen LogP contribution in [0.3, 0.4) is 0 Å². The van der Waals surface area contributed by atoms with E-state index in [9.17, 15) is 14.4 Å². The van der Waals surface area contributed by atoms with Gasteiger partial charge in [0.15, 0.2) is 6.61 Å². The van der Waals surface area contributed by atoms with Gasteiger partial charge >= 0.3 is 5.97 Å². The van der Waals surface area contributed by atoms with Crippen molar-refractivity contribution < 1.29 is 19.1 Å². The Bertz CT molecular complexity index is 802. The zero-order chi connectivity index (χ0) is 19.1. The Labute approximate surface area is 160 Å². The first-order chi connectivity index (χ1) is 12.4. The summed E-state index contributed by atoms with van der Waals surface area (Å²) < 4.78 is 5.42. The molecule has 0 bridgehead atoms. The Morgan fingerprint density at radius 3 is 2.50 bits per heavy atom. The zero-order valence-electron chi connectivity index (χ0n) is 14.5. The van der Waals surface area contributed by atoms with E-state index in [4.69, 9.17) is 16.3 Å². The topological polar surface area (TPSA) is 75.7 Å². The van der Waals surface area contributed by atoms with Gasteiger partial charge in [0.25, 0.3) is 11.8 Å². The second-order valence-electron chi connectivity index (χ2n) is 5.29.